The summed E-state index contributed by atoms with van der Waals surface area (Å²) in [4.78, 5) is 9.14. The second-order valence-corrected chi connectivity index (χ2v) is 5.04. The van der Waals surface area contributed by atoms with Crippen LogP contribution in [0.25, 0.3) is 11.0 Å². The topological polar surface area (TPSA) is 42.7 Å². The second kappa shape index (κ2) is 5.95. The van der Waals surface area contributed by atoms with Crippen LogP contribution in [0.4, 0.5) is 5.82 Å². The molecule has 0 aliphatic heterocycles. The van der Waals surface area contributed by atoms with E-state index in [2.05, 4.69) is 53.0 Å². The van der Waals surface area contributed by atoms with Crippen molar-refractivity contribution >= 4 is 16.9 Å². The van der Waals surface area contributed by atoms with Crippen molar-refractivity contribution in [1.29, 1.82) is 0 Å². The van der Waals surface area contributed by atoms with Gasteiger partial charge in [-0.05, 0) is 30.7 Å². The predicted octanol–water partition coefficient (Wildman–Crippen LogP) is 3.47. The lowest BCUT2D eigenvalue weighted by Crippen LogP contribution is -2.05. The lowest BCUT2D eigenvalue weighted by molar-refractivity contribution is 0.750. The zero-order valence-electron chi connectivity index (χ0n) is 12.5. The Balaban J connectivity index is 1.93. The molecule has 21 heavy (non-hydrogen) atoms. The Bertz CT molecular complexity index is 728. The van der Waals surface area contributed by atoms with E-state index in [9.17, 15) is 0 Å². The van der Waals surface area contributed by atoms with Crippen molar-refractivity contribution < 1.29 is 0 Å². The molecule has 2 aromatic heterocycles. The van der Waals surface area contributed by atoms with E-state index in [1.54, 1.807) is 0 Å². The molecular formula is C17H20N4. The molecule has 0 bridgehead atoms. The van der Waals surface area contributed by atoms with Gasteiger partial charge in [0.2, 0.25) is 0 Å². The fraction of sp³-hybridized carbons (Fsp3) is 0.294. The highest BCUT2D eigenvalue weighted by Gasteiger charge is 2.09. The van der Waals surface area contributed by atoms with Crippen LogP contribution in [0.2, 0.25) is 0 Å². The molecule has 0 saturated heterocycles. The molecule has 0 atom stereocenters. The van der Waals surface area contributed by atoms with Crippen LogP contribution in [0, 0.1) is 0 Å². The largest absolute Gasteiger partial charge is 0.370 e. The summed E-state index contributed by atoms with van der Waals surface area (Å²) in [5.41, 5.74) is 3.44. The van der Waals surface area contributed by atoms with Gasteiger partial charge in [0.15, 0.2) is 0 Å². The molecule has 1 N–H and O–H groups in total. The number of imidazole rings is 1. The summed E-state index contributed by atoms with van der Waals surface area (Å²) < 4.78 is 2.28. The van der Waals surface area contributed by atoms with E-state index < -0.39 is 0 Å². The lowest BCUT2D eigenvalue weighted by Gasteiger charge is -2.09. The van der Waals surface area contributed by atoms with E-state index in [1.165, 1.54) is 11.1 Å². The Morgan fingerprint density at radius 1 is 1.10 bits per heavy atom. The third kappa shape index (κ3) is 2.75. The molecule has 3 rings (SSSR count). The van der Waals surface area contributed by atoms with Crippen molar-refractivity contribution in [3.05, 3.63) is 54.0 Å². The zero-order chi connectivity index (χ0) is 14.7. The summed E-state index contributed by atoms with van der Waals surface area (Å²) in [6.45, 7) is 5.91. The first-order valence-corrected chi connectivity index (χ1v) is 7.44. The monoisotopic (exact) mass is 280 g/mol. The summed E-state index contributed by atoms with van der Waals surface area (Å²) in [7, 11) is 0. The zero-order valence-corrected chi connectivity index (χ0v) is 12.5. The molecule has 0 aliphatic rings. The van der Waals surface area contributed by atoms with Gasteiger partial charge in [0, 0.05) is 19.2 Å². The predicted molar refractivity (Wildman–Crippen MR) is 86.6 cm³/mol. The van der Waals surface area contributed by atoms with Crippen LogP contribution in [-0.4, -0.2) is 21.1 Å². The molecule has 0 spiro atoms. The number of para-hydroxylation sites is 2. The summed E-state index contributed by atoms with van der Waals surface area (Å²) in [5.74, 6) is 2.04. The molecular weight excluding hydrogens is 260 g/mol. The minimum Gasteiger partial charge on any atom is -0.370 e. The number of aromatic nitrogens is 3. The fourth-order valence-corrected chi connectivity index (χ4v) is 2.56. The SMILES string of the molecule is CCNc1ccc(Cn2c(CC)nc3ccccc32)cn1. The molecule has 3 aromatic rings. The van der Waals surface area contributed by atoms with Crippen LogP contribution in [0.15, 0.2) is 42.6 Å². The van der Waals surface area contributed by atoms with Gasteiger partial charge >= 0.3 is 0 Å². The maximum Gasteiger partial charge on any atom is 0.125 e. The minimum atomic E-state index is 0.809. The van der Waals surface area contributed by atoms with E-state index >= 15 is 0 Å². The van der Waals surface area contributed by atoms with Crippen molar-refractivity contribution in [2.75, 3.05) is 11.9 Å². The number of hydrogen-bond acceptors (Lipinski definition) is 3. The first-order chi connectivity index (χ1) is 10.3. The van der Waals surface area contributed by atoms with Crippen LogP contribution in [0.3, 0.4) is 0 Å². The highest BCUT2D eigenvalue weighted by molar-refractivity contribution is 5.76. The van der Waals surface area contributed by atoms with Gasteiger partial charge in [-0.15, -0.1) is 0 Å². The summed E-state index contributed by atoms with van der Waals surface area (Å²) in [5, 5.41) is 3.22. The lowest BCUT2D eigenvalue weighted by atomic mass is 10.2. The number of anilines is 1. The Kier molecular flexibility index (Phi) is 3.86. The highest BCUT2D eigenvalue weighted by Crippen LogP contribution is 2.18. The van der Waals surface area contributed by atoms with Gasteiger partial charge in [0.25, 0.3) is 0 Å². The highest BCUT2D eigenvalue weighted by atomic mass is 15.1. The Hall–Kier alpha value is -2.36. The van der Waals surface area contributed by atoms with Crippen LogP contribution in [0.5, 0.6) is 0 Å². The Labute approximate surface area is 124 Å². The molecule has 108 valence electrons. The minimum absolute atomic E-state index is 0.809. The maximum atomic E-state index is 4.70. The average molecular weight is 280 g/mol. The molecule has 0 fully saturated rings. The van der Waals surface area contributed by atoms with Gasteiger partial charge in [-0.1, -0.05) is 25.1 Å². The summed E-state index contributed by atoms with van der Waals surface area (Å²) >= 11 is 0. The molecule has 4 nitrogen and oxygen atoms in total. The number of aryl methyl sites for hydroxylation is 1. The van der Waals surface area contributed by atoms with E-state index in [0.717, 1.165) is 36.7 Å². The normalized spacial score (nSPS) is 11.0. The van der Waals surface area contributed by atoms with Crippen molar-refractivity contribution in [2.45, 2.75) is 26.8 Å². The molecule has 0 amide bonds. The van der Waals surface area contributed by atoms with Gasteiger partial charge in [0.05, 0.1) is 17.6 Å². The van der Waals surface area contributed by atoms with Crippen molar-refractivity contribution in [3.8, 4) is 0 Å². The Morgan fingerprint density at radius 3 is 2.67 bits per heavy atom. The summed E-state index contributed by atoms with van der Waals surface area (Å²) in [6.07, 6.45) is 2.86. The first kappa shape index (κ1) is 13.6. The number of fused-ring (bicyclic) bond motifs is 1. The molecule has 0 aliphatic carbocycles. The number of rotatable bonds is 5. The number of nitrogens with zero attached hydrogens (tertiary/aromatic N) is 3. The summed E-state index contributed by atoms with van der Waals surface area (Å²) in [6, 6.07) is 12.4. The van der Waals surface area contributed by atoms with Gasteiger partial charge in [0.1, 0.15) is 11.6 Å². The van der Waals surface area contributed by atoms with Gasteiger partial charge in [-0.3, -0.25) is 0 Å². The third-order valence-electron chi connectivity index (χ3n) is 3.57. The molecule has 0 radical (unpaired) electrons. The van der Waals surface area contributed by atoms with Crippen molar-refractivity contribution in [2.24, 2.45) is 0 Å². The molecule has 0 saturated carbocycles. The molecule has 2 heterocycles. The molecule has 4 heteroatoms. The number of nitrogens with one attached hydrogen (secondary N) is 1. The van der Waals surface area contributed by atoms with Crippen LogP contribution >= 0.6 is 0 Å². The van der Waals surface area contributed by atoms with Crippen LogP contribution < -0.4 is 5.32 Å². The van der Waals surface area contributed by atoms with E-state index in [1.807, 2.05) is 18.3 Å². The van der Waals surface area contributed by atoms with Crippen molar-refractivity contribution in [1.82, 2.24) is 14.5 Å². The smallest absolute Gasteiger partial charge is 0.125 e. The quantitative estimate of drug-likeness (QED) is 0.778. The second-order valence-electron chi connectivity index (χ2n) is 5.04. The Morgan fingerprint density at radius 2 is 1.95 bits per heavy atom. The number of benzene rings is 1. The first-order valence-electron chi connectivity index (χ1n) is 7.44. The van der Waals surface area contributed by atoms with Crippen molar-refractivity contribution in [3.63, 3.8) is 0 Å². The van der Waals surface area contributed by atoms with Gasteiger partial charge in [-0.2, -0.15) is 0 Å². The molecule has 0 unspecified atom stereocenters. The molecule has 1 aromatic carbocycles. The van der Waals surface area contributed by atoms with E-state index in [-0.39, 0.29) is 0 Å². The van der Waals surface area contributed by atoms with Gasteiger partial charge in [-0.25, -0.2) is 9.97 Å². The van der Waals surface area contributed by atoms with E-state index in [0.29, 0.717) is 0 Å². The van der Waals surface area contributed by atoms with Crippen LogP contribution in [-0.2, 0) is 13.0 Å². The third-order valence-corrected chi connectivity index (χ3v) is 3.57. The number of pyridine rings is 1. The fourth-order valence-electron chi connectivity index (χ4n) is 2.56. The maximum absolute atomic E-state index is 4.70. The standard InChI is InChI=1S/C17H20N4/c1-3-17-20-14-7-5-6-8-15(14)21(17)12-13-9-10-16(18-4-2)19-11-13/h5-11H,3-4,12H2,1-2H3,(H,18,19). The average Bonchev–Trinajstić information content (AvgIpc) is 2.87. The van der Waals surface area contributed by atoms with Gasteiger partial charge < -0.3 is 9.88 Å². The van der Waals surface area contributed by atoms with Crippen LogP contribution in [0.1, 0.15) is 25.2 Å². The number of hydrogen-bond donors (Lipinski definition) is 1. The van der Waals surface area contributed by atoms with E-state index in [4.69, 9.17) is 4.98 Å².